The van der Waals surface area contributed by atoms with Gasteiger partial charge in [-0.05, 0) is 45.7 Å². The standard InChI is InChI=1S/C13H17FN2O2/c1-12(2,3)18-11(17)16-9-4-5-10(15-8-9)13(14)6-7-13/h4-5,8H,6-7H2,1-3H3,(H,16,17). The first-order valence-electron chi connectivity index (χ1n) is 5.94. The van der Waals surface area contributed by atoms with Crippen molar-refractivity contribution < 1.29 is 13.9 Å². The van der Waals surface area contributed by atoms with Crippen LogP contribution in [0.25, 0.3) is 0 Å². The topological polar surface area (TPSA) is 51.2 Å². The Morgan fingerprint density at radius 1 is 1.44 bits per heavy atom. The molecule has 1 N–H and O–H groups in total. The fourth-order valence-electron chi connectivity index (χ4n) is 1.52. The molecule has 0 aromatic carbocycles. The van der Waals surface area contributed by atoms with Crippen LogP contribution < -0.4 is 5.32 Å². The van der Waals surface area contributed by atoms with Gasteiger partial charge in [-0.1, -0.05) is 0 Å². The Morgan fingerprint density at radius 3 is 2.56 bits per heavy atom. The van der Waals surface area contributed by atoms with Gasteiger partial charge in [-0.2, -0.15) is 0 Å². The molecule has 0 aliphatic heterocycles. The molecule has 0 atom stereocenters. The first kappa shape index (κ1) is 12.8. The largest absolute Gasteiger partial charge is 0.444 e. The Morgan fingerprint density at radius 2 is 2.11 bits per heavy atom. The Bertz CT molecular complexity index is 447. The second-order valence-electron chi connectivity index (χ2n) is 5.52. The van der Waals surface area contributed by atoms with Gasteiger partial charge in [0.1, 0.15) is 5.60 Å². The molecule has 98 valence electrons. The van der Waals surface area contributed by atoms with E-state index in [1.54, 1.807) is 32.9 Å². The summed E-state index contributed by atoms with van der Waals surface area (Å²) in [5.74, 6) is 0. The first-order chi connectivity index (χ1) is 8.28. The van der Waals surface area contributed by atoms with E-state index < -0.39 is 17.4 Å². The molecule has 4 nitrogen and oxygen atoms in total. The highest BCUT2D eigenvalue weighted by atomic mass is 19.1. The minimum Gasteiger partial charge on any atom is -0.444 e. The molecule has 1 aliphatic rings. The number of pyridine rings is 1. The molecular weight excluding hydrogens is 235 g/mol. The van der Waals surface area contributed by atoms with Gasteiger partial charge in [0.15, 0.2) is 5.67 Å². The Balaban J connectivity index is 1.96. The van der Waals surface area contributed by atoms with E-state index >= 15 is 0 Å². The van der Waals surface area contributed by atoms with E-state index in [0.717, 1.165) is 0 Å². The Kier molecular flexibility index (Phi) is 3.00. The highest BCUT2D eigenvalue weighted by Crippen LogP contribution is 2.48. The maximum atomic E-state index is 13.7. The fourth-order valence-corrected chi connectivity index (χ4v) is 1.52. The zero-order valence-electron chi connectivity index (χ0n) is 10.8. The molecule has 1 aliphatic carbocycles. The average Bonchev–Trinajstić information content (AvgIpc) is 2.95. The molecule has 1 saturated carbocycles. The van der Waals surface area contributed by atoms with Gasteiger partial charge in [0.05, 0.1) is 17.6 Å². The van der Waals surface area contributed by atoms with E-state index in [4.69, 9.17) is 4.74 Å². The molecule has 0 spiro atoms. The van der Waals surface area contributed by atoms with Gasteiger partial charge in [0.25, 0.3) is 0 Å². The molecule has 0 bridgehead atoms. The van der Waals surface area contributed by atoms with Crippen molar-refractivity contribution in [3.63, 3.8) is 0 Å². The van der Waals surface area contributed by atoms with Crippen LogP contribution in [-0.4, -0.2) is 16.7 Å². The summed E-state index contributed by atoms with van der Waals surface area (Å²) in [4.78, 5) is 15.5. The number of aromatic nitrogens is 1. The molecule has 5 heteroatoms. The number of amides is 1. The smallest absolute Gasteiger partial charge is 0.412 e. The van der Waals surface area contributed by atoms with Crippen molar-refractivity contribution in [2.75, 3.05) is 5.32 Å². The van der Waals surface area contributed by atoms with Crippen molar-refractivity contribution in [3.8, 4) is 0 Å². The second-order valence-corrected chi connectivity index (χ2v) is 5.52. The lowest BCUT2D eigenvalue weighted by Crippen LogP contribution is -2.27. The number of carbonyl (C=O) groups excluding carboxylic acids is 1. The van der Waals surface area contributed by atoms with Gasteiger partial charge < -0.3 is 4.74 Å². The van der Waals surface area contributed by atoms with Crippen LogP contribution in [0.4, 0.5) is 14.9 Å². The number of alkyl halides is 1. The number of rotatable bonds is 2. The van der Waals surface area contributed by atoms with E-state index in [2.05, 4.69) is 10.3 Å². The number of nitrogens with zero attached hydrogens (tertiary/aromatic N) is 1. The van der Waals surface area contributed by atoms with Crippen molar-refractivity contribution >= 4 is 11.8 Å². The monoisotopic (exact) mass is 252 g/mol. The SMILES string of the molecule is CC(C)(C)OC(=O)Nc1ccc(C2(F)CC2)nc1. The lowest BCUT2D eigenvalue weighted by molar-refractivity contribution is 0.0636. The number of ether oxygens (including phenoxy) is 1. The predicted molar refractivity (Wildman–Crippen MR) is 66.1 cm³/mol. The predicted octanol–water partition coefficient (Wildman–Crippen LogP) is 3.39. The van der Waals surface area contributed by atoms with Gasteiger partial charge in [-0.3, -0.25) is 10.3 Å². The van der Waals surface area contributed by atoms with E-state index in [9.17, 15) is 9.18 Å². The summed E-state index contributed by atoms with van der Waals surface area (Å²) < 4.78 is 18.8. The van der Waals surface area contributed by atoms with Gasteiger partial charge in [0, 0.05) is 0 Å². The molecule has 0 unspecified atom stereocenters. The quantitative estimate of drug-likeness (QED) is 0.877. The van der Waals surface area contributed by atoms with Crippen LogP contribution in [0.3, 0.4) is 0 Å². The third kappa shape index (κ3) is 3.18. The van der Waals surface area contributed by atoms with Crippen LogP contribution in [0.2, 0.25) is 0 Å². The summed E-state index contributed by atoms with van der Waals surface area (Å²) in [7, 11) is 0. The zero-order chi connectivity index (χ0) is 13.4. The number of carbonyl (C=O) groups is 1. The number of anilines is 1. The van der Waals surface area contributed by atoms with Crippen LogP contribution in [0.5, 0.6) is 0 Å². The molecule has 1 fully saturated rings. The first-order valence-corrected chi connectivity index (χ1v) is 5.94. The van der Waals surface area contributed by atoms with E-state index in [-0.39, 0.29) is 0 Å². The molecule has 1 heterocycles. The van der Waals surface area contributed by atoms with Crippen molar-refractivity contribution in [1.82, 2.24) is 4.98 Å². The summed E-state index contributed by atoms with van der Waals surface area (Å²) >= 11 is 0. The summed E-state index contributed by atoms with van der Waals surface area (Å²) in [6.45, 7) is 5.36. The van der Waals surface area contributed by atoms with Crippen LogP contribution in [0.1, 0.15) is 39.3 Å². The van der Waals surface area contributed by atoms with Gasteiger partial charge in [-0.15, -0.1) is 0 Å². The van der Waals surface area contributed by atoms with Crippen molar-refractivity contribution in [1.29, 1.82) is 0 Å². The molecule has 0 saturated heterocycles. The van der Waals surface area contributed by atoms with Crippen LogP contribution in [0, 0.1) is 0 Å². The lowest BCUT2D eigenvalue weighted by atomic mass is 10.2. The minimum atomic E-state index is -1.25. The molecular formula is C13H17FN2O2. The summed E-state index contributed by atoms with van der Waals surface area (Å²) in [5, 5.41) is 2.55. The van der Waals surface area contributed by atoms with E-state index in [1.165, 1.54) is 6.20 Å². The van der Waals surface area contributed by atoms with Crippen LogP contribution >= 0.6 is 0 Å². The lowest BCUT2D eigenvalue weighted by Gasteiger charge is -2.19. The van der Waals surface area contributed by atoms with Crippen molar-refractivity contribution in [2.45, 2.75) is 44.9 Å². The maximum Gasteiger partial charge on any atom is 0.412 e. The number of hydrogen-bond donors (Lipinski definition) is 1. The van der Waals surface area contributed by atoms with E-state index in [0.29, 0.717) is 24.2 Å². The van der Waals surface area contributed by atoms with Crippen LogP contribution in [0.15, 0.2) is 18.3 Å². The highest BCUT2D eigenvalue weighted by Gasteiger charge is 2.46. The second kappa shape index (κ2) is 4.23. The third-order valence-electron chi connectivity index (χ3n) is 2.56. The van der Waals surface area contributed by atoms with Gasteiger partial charge in [0.2, 0.25) is 0 Å². The molecule has 1 aromatic heterocycles. The minimum absolute atomic E-state index is 0.428. The molecule has 0 radical (unpaired) electrons. The summed E-state index contributed by atoms with van der Waals surface area (Å²) in [6.07, 6.45) is 1.95. The fraction of sp³-hybridized carbons (Fsp3) is 0.538. The number of hydrogen-bond acceptors (Lipinski definition) is 3. The molecule has 2 rings (SSSR count). The summed E-state index contributed by atoms with van der Waals surface area (Å²) in [5.41, 5.74) is -0.867. The van der Waals surface area contributed by atoms with E-state index in [1.807, 2.05) is 0 Å². The molecule has 1 aromatic rings. The van der Waals surface area contributed by atoms with Crippen LogP contribution in [-0.2, 0) is 10.4 Å². The molecule has 18 heavy (non-hydrogen) atoms. The number of nitrogens with one attached hydrogen (secondary N) is 1. The van der Waals surface area contributed by atoms with Crippen molar-refractivity contribution in [3.05, 3.63) is 24.0 Å². The zero-order valence-corrected chi connectivity index (χ0v) is 10.8. The van der Waals surface area contributed by atoms with Gasteiger partial charge >= 0.3 is 6.09 Å². The Hall–Kier alpha value is -1.65. The molecule has 1 amide bonds. The third-order valence-corrected chi connectivity index (χ3v) is 2.56. The Labute approximate surface area is 106 Å². The summed E-state index contributed by atoms with van der Waals surface area (Å²) in [6, 6.07) is 3.23. The normalized spacial score (nSPS) is 17.1. The van der Waals surface area contributed by atoms with Crippen molar-refractivity contribution in [2.24, 2.45) is 0 Å². The maximum absolute atomic E-state index is 13.7. The number of halogens is 1. The van der Waals surface area contributed by atoms with Gasteiger partial charge in [-0.25, -0.2) is 9.18 Å². The highest BCUT2D eigenvalue weighted by molar-refractivity contribution is 5.84. The average molecular weight is 252 g/mol.